The van der Waals surface area contributed by atoms with E-state index in [2.05, 4.69) is 4.98 Å². The molecule has 1 fully saturated rings. The van der Waals surface area contributed by atoms with Gasteiger partial charge in [0, 0.05) is 41.9 Å². The molecule has 5 rings (SSSR count). The maximum Gasteiger partial charge on any atom is 0.250 e. The second-order valence-electron chi connectivity index (χ2n) is 8.16. The minimum atomic E-state index is -0.571. The number of hydrogen-bond donors (Lipinski definition) is 2. The van der Waals surface area contributed by atoms with Gasteiger partial charge in [-0.2, -0.15) is 5.10 Å². The van der Waals surface area contributed by atoms with Gasteiger partial charge in [0.25, 0.3) is 5.91 Å². The number of benzene rings is 2. The SMILES string of the molecule is Cc1cc(-n2cc(C3OCC(=O)N3CCc3cccc(N)c3)c(-c3cc[nH]c3)n2)ccc1F. The summed E-state index contributed by atoms with van der Waals surface area (Å²) in [5, 5.41) is 4.77. The first-order chi connectivity index (χ1) is 16.0. The van der Waals surface area contributed by atoms with Crippen LogP contribution in [0.4, 0.5) is 10.1 Å². The van der Waals surface area contributed by atoms with E-state index in [0.29, 0.717) is 29.9 Å². The summed E-state index contributed by atoms with van der Waals surface area (Å²) in [6.07, 6.45) is 5.60. The molecule has 0 aliphatic carbocycles. The molecule has 2 aromatic carbocycles. The number of aryl methyl sites for hydroxylation is 1. The normalized spacial score (nSPS) is 16.0. The van der Waals surface area contributed by atoms with Crippen LogP contribution in [0.1, 0.15) is 22.9 Å². The molecule has 0 radical (unpaired) electrons. The van der Waals surface area contributed by atoms with Crippen LogP contribution in [0.3, 0.4) is 0 Å². The van der Waals surface area contributed by atoms with Crippen molar-refractivity contribution in [3.8, 4) is 16.9 Å². The smallest absolute Gasteiger partial charge is 0.250 e. The highest BCUT2D eigenvalue weighted by Gasteiger charge is 2.36. The molecule has 1 atom stereocenters. The van der Waals surface area contributed by atoms with Gasteiger partial charge in [0.15, 0.2) is 6.23 Å². The number of aromatic amines is 1. The zero-order valence-electron chi connectivity index (χ0n) is 18.2. The van der Waals surface area contributed by atoms with E-state index in [-0.39, 0.29) is 18.3 Å². The summed E-state index contributed by atoms with van der Waals surface area (Å²) in [6, 6.07) is 14.4. The highest BCUT2D eigenvalue weighted by atomic mass is 19.1. The van der Waals surface area contributed by atoms with Crippen LogP contribution in [0, 0.1) is 12.7 Å². The van der Waals surface area contributed by atoms with Crippen LogP contribution in [0.15, 0.2) is 67.1 Å². The molecule has 8 heteroatoms. The number of nitrogens with two attached hydrogens (primary N) is 1. The summed E-state index contributed by atoms with van der Waals surface area (Å²) in [7, 11) is 0. The molecule has 1 saturated heterocycles. The molecule has 1 amide bonds. The van der Waals surface area contributed by atoms with Crippen LogP contribution in [0.5, 0.6) is 0 Å². The number of nitrogen functional groups attached to an aromatic ring is 1. The van der Waals surface area contributed by atoms with Gasteiger partial charge in [0.1, 0.15) is 18.1 Å². The van der Waals surface area contributed by atoms with E-state index in [4.69, 9.17) is 15.6 Å². The molecule has 0 bridgehead atoms. The predicted octanol–water partition coefficient (Wildman–Crippen LogP) is 4.00. The molecule has 1 aliphatic rings. The number of anilines is 1. The summed E-state index contributed by atoms with van der Waals surface area (Å²) >= 11 is 0. The van der Waals surface area contributed by atoms with Crippen LogP contribution in [-0.2, 0) is 16.0 Å². The van der Waals surface area contributed by atoms with Crippen LogP contribution < -0.4 is 5.73 Å². The number of aromatic nitrogens is 3. The van der Waals surface area contributed by atoms with E-state index in [1.54, 1.807) is 28.6 Å². The topological polar surface area (TPSA) is 89.2 Å². The number of carbonyl (C=O) groups is 1. The summed E-state index contributed by atoms with van der Waals surface area (Å²) in [6.45, 7) is 2.21. The second-order valence-corrected chi connectivity index (χ2v) is 8.16. The van der Waals surface area contributed by atoms with Crippen molar-refractivity contribution in [3.63, 3.8) is 0 Å². The monoisotopic (exact) mass is 445 g/mol. The van der Waals surface area contributed by atoms with Crippen molar-refractivity contribution in [2.24, 2.45) is 0 Å². The van der Waals surface area contributed by atoms with Gasteiger partial charge in [-0.3, -0.25) is 4.79 Å². The molecule has 7 nitrogen and oxygen atoms in total. The van der Waals surface area contributed by atoms with Gasteiger partial charge < -0.3 is 20.4 Å². The Kier molecular flexibility index (Phi) is 5.43. The van der Waals surface area contributed by atoms with Gasteiger partial charge in [-0.1, -0.05) is 12.1 Å². The largest absolute Gasteiger partial charge is 0.399 e. The van der Waals surface area contributed by atoms with Crippen LogP contribution in [0.2, 0.25) is 0 Å². The first-order valence-electron chi connectivity index (χ1n) is 10.7. The van der Waals surface area contributed by atoms with E-state index < -0.39 is 6.23 Å². The fourth-order valence-electron chi connectivity index (χ4n) is 4.12. The molecule has 1 unspecified atom stereocenters. The first kappa shape index (κ1) is 21.0. The number of rotatable bonds is 6. The summed E-state index contributed by atoms with van der Waals surface area (Å²) in [5.74, 6) is -0.344. The van der Waals surface area contributed by atoms with Crippen LogP contribution >= 0.6 is 0 Å². The van der Waals surface area contributed by atoms with Gasteiger partial charge >= 0.3 is 0 Å². The Balaban J connectivity index is 1.50. The number of H-pyrrole nitrogens is 1. The van der Waals surface area contributed by atoms with E-state index in [1.807, 2.05) is 48.9 Å². The van der Waals surface area contributed by atoms with E-state index >= 15 is 0 Å². The van der Waals surface area contributed by atoms with Gasteiger partial charge in [0.2, 0.25) is 0 Å². The standard InChI is InChI=1S/C25H24FN5O2/c1-16-11-20(5-6-22(16)26)31-14-21(24(29-31)18-7-9-28-13-18)25-30(23(32)15-33-25)10-8-17-3-2-4-19(27)12-17/h2-7,9,11-14,25,28H,8,10,15,27H2,1H3. The first-order valence-corrected chi connectivity index (χ1v) is 10.7. The lowest BCUT2D eigenvalue weighted by molar-refractivity contribution is -0.128. The van der Waals surface area contributed by atoms with E-state index in [9.17, 15) is 9.18 Å². The Morgan fingerprint density at radius 3 is 2.88 bits per heavy atom. The molecule has 0 saturated carbocycles. The summed E-state index contributed by atoms with van der Waals surface area (Å²) < 4.78 is 21.4. The van der Waals surface area contributed by atoms with E-state index in [0.717, 1.165) is 22.4 Å². The van der Waals surface area contributed by atoms with Crippen molar-refractivity contribution in [1.29, 1.82) is 0 Å². The molecule has 0 spiro atoms. The average molecular weight is 445 g/mol. The number of nitrogens with one attached hydrogen (secondary N) is 1. The van der Waals surface area contributed by atoms with Crippen LogP contribution in [-0.4, -0.2) is 38.7 Å². The number of nitrogens with zero attached hydrogens (tertiary/aromatic N) is 3. The Morgan fingerprint density at radius 2 is 2.12 bits per heavy atom. The summed E-state index contributed by atoms with van der Waals surface area (Å²) in [4.78, 5) is 17.5. The van der Waals surface area contributed by atoms with Crippen LogP contribution in [0.25, 0.3) is 16.9 Å². The Bertz CT molecular complexity index is 1300. The third kappa shape index (κ3) is 4.12. The minimum absolute atomic E-state index is 0.00894. The second kappa shape index (κ2) is 8.55. The molecule has 168 valence electrons. The lowest BCUT2D eigenvalue weighted by atomic mass is 10.1. The Hall–Kier alpha value is -3.91. The van der Waals surface area contributed by atoms with Crippen molar-refractivity contribution in [1.82, 2.24) is 19.7 Å². The third-order valence-corrected chi connectivity index (χ3v) is 5.85. The number of hydrogen-bond acceptors (Lipinski definition) is 4. The van der Waals surface area contributed by atoms with Crippen molar-refractivity contribution in [3.05, 3.63) is 89.6 Å². The van der Waals surface area contributed by atoms with Gasteiger partial charge in [-0.25, -0.2) is 9.07 Å². The molecular formula is C25H24FN5O2. The fraction of sp³-hybridized carbons (Fsp3) is 0.200. The lowest BCUT2D eigenvalue weighted by Crippen LogP contribution is -2.30. The van der Waals surface area contributed by atoms with Crippen molar-refractivity contribution in [2.75, 3.05) is 18.9 Å². The quantitative estimate of drug-likeness (QED) is 0.439. The molecule has 3 heterocycles. The molecule has 3 N–H and O–H groups in total. The number of carbonyl (C=O) groups excluding carboxylic acids is 1. The zero-order valence-corrected chi connectivity index (χ0v) is 18.2. The molecule has 33 heavy (non-hydrogen) atoms. The van der Waals surface area contributed by atoms with Crippen molar-refractivity contribution < 1.29 is 13.9 Å². The zero-order chi connectivity index (χ0) is 22.9. The van der Waals surface area contributed by atoms with E-state index in [1.165, 1.54) is 6.07 Å². The average Bonchev–Trinajstić information content (AvgIpc) is 3.54. The maximum absolute atomic E-state index is 13.8. The Morgan fingerprint density at radius 1 is 1.24 bits per heavy atom. The minimum Gasteiger partial charge on any atom is -0.399 e. The highest BCUT2D eigenvalue weighted by Crippen LogP contribution is 2.35. The fourth-order valence-corrected chi connectivity index (χ4v) is 4.12. The summed E-state index contributed by atoms with van der Waals surface area (Å²) in [5.41, 5.74) is 11.3. The maximum atomic E-state index is 13.8. The van der Waals surface area contributed by atoms with Crippen molar-refractivity contribution >= 4 is 11.6 Å². The Labute approximate surface area is 190 Å². The number of halogens is 1. The lowest BCUT2D eigenvalue weighted by Gasteiger charge is -2.23. The van der Waals surface area contributed by atoms with Gasteiger partial charge in [-0.05, 0) is 60.9 Å². The molecule has 4 aromatic rings. The molecular weight excluding hydrogens is 421 g/mol. The number of amides is 1. The van der Waals surface area contributed by atoms with Crippen molar-refractivity contribution in [2.45, 2.75) is 19.6 Å². The van der Waals surface area contributed by atoms with Gasteiger partial charge in [0.05, 0.1) is 5.69 Å². The number of ether oxygens (including phenoxy) is 1. The predicted molar refractivity (Wildman–Crippen MR) is 123 cm³/mol. The third-order valence-electron chi connectivity index (χ3n) is 5.85. The highest BCUT2D eigenvalue weighted by molar-refractivity contribution is 5.80. The molecule has 1 aliphatic heterocycles. The van der Waals surface area contributed by atoms with Gasteiger partial charge in [-0.15, -0.1) is 0 Å². The molecule has 2 aromatic heterocycles.